The molecule has 0 unspecified atom stereocenters. The average molecular weight is 544 g/mol. The van der Waals surface area contributed by atoms with Crippen LogP contribution in [0.15, 0.2) is 79.1 Å². The number of fused-ring (bicyclic) bond motifs is 6. The average Bonchev–Trinajstić information content (AvgIpc) is 3.35. The first kappa shape index (κ1) is 26.3. The Hall–Kier alpha value is -4.97. The molecule has 0 N–H and O–H groups in total. The smallest absolute Gasteiger partial charge is 0.337 e. The zero-order valence-corrected chi connectivity index (χ0v) is 24.0. The van der Waals surface area contributed by atoms with Crippen molar-refractivity contribution in [1.82, 2.24) is 4.57 Å². The Balaban J connectivity index is 1.80. The van der Waals surface area contributed by atoms with Crippen molar-refractivity contribution in [3.8, 4) is 11.4 Å². The minimum Gasteiger partial charge on any atom is -0.465 e. The van der Waals surface area contributed by atoms with E-state index in [1.54, 1.807) is 0 Å². The van der Waals surface area contributed by atoms with Crippen molar-refractivity contribution in [3.63, 3.8) is 0 Å². The Labute approximate surface area is 238 Å². The number of hydrogen-bond donors (Lipinski definition) is 0. The Morgan fingerprint density at radius 2 is 1.07 bits per heavy atom. The lowest BCUT2D eigenvalue weighted by atomic mass is 9.98. The van der Waals surface area contributed by atoms with Gasteiger partial charge in [0.15, 0.2) is 11.0 Å². The molecular weight excluding hydrogens is 512 g/mol. The maximum atomic E-state index is 12.4. The number of rotatable bonds is 4. The van der Waals surface area contributed by atoms with Gasteiger partial charge in [0, 0.05) is 10.8 Å². The van der Waals surface area contributed by atoms with Gasteiger partial charge in [-0.1, -0.05) is 36.4 Å². The molecule has 0 aliphatic rings. The number of nitrogens with zero attached hydrogens (tertiary/aromatic N) is 2. The van der Waals surface area contributed by atoms with Gasteiger partial charge in [0.25, 0.3) is 6.33 Å². The molecule has 41 heavy (non-hydrogen) atoms. The van der Waals surface area contributed by atoms with E-state index in [9.17, 15) is 9.59 Å². The molecule has 0 saturated carbocycles. The van der Waals surface area contributed by atoms with Gasteiger partial charge in [0.05, 0.1) is 25.3 Å². The highest BCUT2D eigenvalue weighted by Gasteiger charge is 2.29. The first-order valence-corrected chi connectivity index (χ1v) is 13.5. The number of carbonyl (C=O) groups excluding carboxylic acids is 2. The van der Waals surface area contributed by atoms with E-state index in [-0.39, 0.29) is 11.9 Å². The third-order valence-corrected chi connectivity index (χ3v) is 7.90. The summed E-state index contributed by atoms with van der Waals surface area (Å²) in [5, 5.41) is 4.57. The summed E-state index contributed by atoms with van der Waals surface area (Å²) in [5.74, 6) is -0.716. The highest BCUT2D eigenvalue weighted by molar-refractivity contribution is 6.22. The van der Waals surface area contributed by atoms with Crippen LogP contribution in [0.4, 0.5) is 0 Å². The number of methoxy groups -OCH3 is 2. The molecule has 0 fully saturated rings. The van der Waals surface area contributed by atoms with E-state index in [1.165, 1.54) is 14.2 Å². The summed E-state index contributed by atoms with van der Waals surface area (Å²) in [7, 11) is 2.80. The molecule has 0 aliphatic carbocycles. The highest BCUT2D eigenvalue weighted by Crippen LogP contribution is 2.37. The van der Waals surface area contributed by atoms with Crippen molar-refractivity contribution in [2.75, 3.05) is 14.2 Å². The Kier molecular flexibility index (Phi) is 6.34. The van der Waals surface area contributed by atoms with Gasteiger partial charge < -0.3 is 9.47 Å². The summed E-state index contributed by atoms with van der Waals surface area (Å²) < 4.78 is 14.5. The molecule has 6 aromatic rings. The van der Waals surface area contributed by atoms with E-state index in [0.29, 0.717) is 11.1 Å². The molecule has 0 radical (unpaired) electrons. The fourth-order valence-corrected chi connectivity index (χ4v) is 6.30. The SMILES string of the molecule is COC(=O)c1cc(C)c(-n2c[n+](-c3c(C)cc(C(=O)OC)cc3C)c3c4ccccc4c4ccccc4c32)c(C)c1. The zero-order chi connectivity index (χ0) is 29.0. The third kappa shape index (κ3) is 4.06. The molecular formula is C35H31N2O4+. The van der Waals surface area contributed by atoms with Crippen LogP contribution in [-0.4, -0.2) is 30.7 Å². The van der Waals surface area contributed by atoms with Crippen molar-refractivity contribution in [2.24, 2.45) is 0 Å². The van der Waals surface area contributed by atoms with Crippen LogP contribution in [0.25, 0.3) is 44.0 Å². The number of esters is 2. The quantitative estimate of drug-likeness (QED) is 0.136. The van der Waals surface area contributed by atoms with Crippen LogP contribution in [0.3, 0.4) is 0 Å². The molecule has 0 amide bonds. The molecule has 6 nitrogen and oxygen atoms in total. The molecule has 6 heteroatoms. The molecule has 0 spiro atoms. The lowest BCUT2D eigenvalue weighted by molar-refractivity contribution is -0.567. The van der Waals surface area contributed by atoms with Crippen LogP contribution < -0.4 is 4.57 Å². The lowest BCUT2D eigenvalue weighted by Crippen LogP contribution is -2.32. The Morgan fingerprint density at radius 3 is 1.59 bits per heavy atom. The number of carbonyl (C=O) groups is 2. The van der Waals surface area contributed by atoms with Gasteiger partial charge in [-0.15, -0.1) is 0 Å². The van der Waals surface area contributed by atoms with Gasteiger partial charge >= 0.3 is 11.9 Å². The van der Waals surface area contributed by atoms with E-state index in [0.717, 1.165) is 66.2 Å². The van der Waals surface area contributed by atoms with Gasteiger partial charge in [0.1, 0.15) is 11.4 Å². The first-order valence-electron chi connectivity index (χ1n) is 13.5. The first-order chi connectivity index (χ1) is 19.7. The van der Waals surface area contributed by atoms with Crippen molar-refractivity contribution in [3.05, 3.63) is 113 Å². The predicted octanol–water partition coefficient (Wildman–Crippen LogP) is 7.02. The summed E-state index contributed by atoms with van der Waals surface area (Å²) in [6, 6.07) is 24.5. The Bertz CT molecular complexity index is 1860. The number of ether oxygens (including phenoxy) is 2. The minimum atomic E-state index is -0.358. The minimum absolute atomic E-state index is 0.358. The van der Waals surface area contributed by atoms with Crippen LogP contribution in [0.5, 0.6) is 0 Å². The van der Waals surface area contributed by atoms with Gasteiger partial charge in [-0.3, -0.25) is 0 Å². The normalized spacial score (nSPS) is 11.4. The summed E-state index contributed by atoms with van der Waals surface area (Å²) >= 11 is 0. The maximum Gasteiger partial charge on any atom is 0.337 e. The summed E-state index contributed by atoms with van der Waals surface area (Å²) in [5.41, 5.74) is 9.02. The second-order valence-electron chi connectivity index (χ2n) is 10.5. The van der Waals surface area contributed by atoms with E-state index in [4.69, 9.17) is 9.47 Å². The standard InChI is InChI=1S/C35H31N2O4/c1-20-15-24(34(38)40-5)16-21(2)30(20)36-19-37(31-22(3)17-25(18-23(31)4)35(39)41-6)33-29-14-10-8-12-27(29)26-11-7-9-13-28(26)32(33)36/h7-19H,1-6H3/q+1. The molecule has 5 aromatic carbocycles. The number of aromatic nitrogens is 2. The summed E-state index contributed by atoms with van der Waals surface area (Å²) in [6.45, 7) is 8.09. The predicted molar refractivity (Wildman–Crippen MR) is 161 cm³/mol. The van der Waals surface area contributed by atoms with Crippen LogP contribution in [-0.2, 0) is 9.47 Å². The molecule has 204 valence electrons. The van der Waals surface area contributed by atoms with Crippen LogP contribution in [0.2, 0.25) is 0 Å². The summed E-state index contributed by atoms with van der Waals surface area (Å²) in [6.07, 6.45) is 2.13. The van der Waals surface area contributed by atoms with Crippen molar-refractivity contribution >= 4 is 44.5 Å². The van der Waals surface area contributed by atoms with E-state index in [2.05, 4.69) is 64.0 Å². The fraction of sp³-hybridized carbons (Fsp3) is 0.171. The molecule has 1 aromatic heterocycles. The number of aryl methyl sites for hydroxylation is 4. The Morgan fingerprint density at radius 1 is 0.634 bits per heavy atom. The van der Waals surface area contributed by atoms with Crippen LogP contribution in [0, 0.1) is 27.7 Å². The second kappa shape index (κ2) is 9.89. The molecule has 0 atom stereocenters. The van der Waals surface area contributed by atoms with Crippen LogP contribution >= 0.6 is 0 Å². The van der Waals surface area contributed by atoms with Crippen molar-refractivity contribution in [2.45, 2.75) is 27.7 Å². The molecule has 0 bridgehead atoms. The van der Waals surface area contributed by atoms with Gasteiger partial charge in [-0.2, -0.15) is 9.13 Å². The number of imidazole rings is 1. The third-order valence-electron chi connectivity index (χ3n) is 7.90. The van der Waals surface area contributed by atoms with Crippen molar-refractivity contribution in [1.29, 1.82) is 0 Å². The largest absolute Gasteiger partial charge is 0.465 e. The monoisotopic (exact) mass is 543 g/mol. The molecule has 6 rings (SSSR count). The van der Waals surface area contributed by atoms with Crippen molar-refractivity contribution < 1.29 is 23.6 Å². The molecule has 0 aliphatic heterocycles. The zero-order valence-electron chi connectivity index (χ0n) is 24.0. The topological polar surface area (TPSA) is 61.4 Å². The second-order valence-corrected chi connectivity index (χ2v) is 10.5. The van der Waals surface area contributed by atoms with Gasteiger partial charge in [-0.25, -0.2) is 9.59 Å². The fourth-order valence-electron chi connectivity index (χ4n) is 6.30. The van der Waals surface area contributed by atoms with Crippen LogP contribution in [0.1, 0.15) is 43.0 Å². The molecule has 1 heterocycles. The van der Waals surface area contributed by atoms with E-state index in [1.807, 2.05) is 52.0 Å². The molecule has 0 saturated heterocycles. The highest BCUT2D eigenvalue weighted by atomic mass is 16.5. The van der Waals surface area contributed by atoms with Gasteiger partial charge in [0.2, 0.25) is 0 Å². The summed E-state index contributed by atoms with van der Waals surface area (Å²) in [4.78, 5) is 24.8. The van der Waals surface area contributed by atoms with E-state index < -0.39 is 0 Å². The van der Waals surface area contributed by atoms with Gasteiger partial charge in [-0.05, 0) is 97.1 Å². The maximum absolute atomic E-state index is 12.4. The van der Waals surface area contributed by atoms with E-state index >= 15 is 0 Å². The number of benzene rings is 5. The lowest BCUT2D eigenvalue weighted by Gasteiger charge is -2.11. The number of hydrogen-bond acceptors (Lipinski definition) is 4.